The lowest BCUT2D eigenvalue weighted by atomic mass is 10.2. The van der Waals surface area contributed by atoms with Gasteiger partial charge in [0.2, 0.25) is 11.8 Å². The summed E-state index contributed by atoms with van der Waals surface area (Å²) in [4.78, 5) is 16.0. The van der Waals surface area contributed by atoms with Crippen LogP contribution >= 0.6 is 0 Å². The molecule has 126 valence electrons. The molecule has 0 unspecified atom stereocenters. The lowest BCUT2D eigenvalue weighted by molar-refractivity contribution is -0.115. The van der Waals surface area contributed by atoms with E-state index in [9.17, 15) is 4.79 Å². The van der Waals surface area contributed by atoms with Crippen LogP contribution in [0.4, 0.5) is 5.69 Å². The molecule has 7 heteroatoms. The second-order valence-electron chi connectivity index (χ2n) is 5.15. The van der Waals surface area contributed by atoms with Crippen LogP contribution in [0.15, 0.2) is 40.8 Å². The van der Waals surface area contributed by atoms with Gasteiger partial charge in [-0.25, -0.2) is 4.98 Å². The number of nitriles is 1. The van der Waals surface area contributed by atoms with Crippen molar-refractivity contribution >= 4 is 22.7 Å². The van der Waals surface area contributed by atoms with Gasteiger partial charge in [0.05, 0.1) is 20.3 Å². The summed E-state index contributed by atoms with van der Waals surface area (Å²) < 4.78 is 16.3. The molecule has 0 spiro atoms. The van der Waals surface area contributed by atoms with E-state index in [1.807, 2.05) is 6.07 Å². The topological polar surface area (TPSA) is 97.4 Å². The molecule has 0 aliphatic heterocycles. The van der Waals surface area contributed by atoms with E-state index >= 15 is 0 Å². The van der Waals surface area contributed by atoms with Crippen LogP contribution < -0.4 is 14.8 Å². The maximum atomic E-state index is 11.5. The Morgan fingerprint density at radius 2 is 2.00 bits per heavy atom. The van der Waals surface area contributed by atoms with Crippen LogP contribution in [0.1, 0.15) is 6.42 Å². The summed E-state index contributed by atoms with van der Waals surface area (Å²) in [5.74, 6) is 1.25. The summed E-state index contributed by atoms with van der Waals surface area (Å²) in [6, 6.07) is 12.3. The van der Waals surface area contributed by atoms with E-state index in [0.717, 1.165) is 5.56 Å². The number of carbonyl (C=O) groups is 1. The number of hydrogen-bond donors (Lipinski definition) is 1. The minimum atomic E-state index is -0.370. The number of anilines is 1. The minimum absolute atomic E-state index is 0.201. The fourth-order valence-electron chi connectivity index (χ4n) is 2.37. The second kappa shape index (κ2) is 6.93. The molecule has 0 aliphatic rings. The van der Waals surface area contributed by atoms with Gasteiger partial charge in [0.25, 0.3) is 0 Å². The molecule has 1 N–H and O–H groups in total. The highest BCUT2D eigenvalue weighted by atomic mass is 16.5. The van der Waals surface area contributed by atoms with E-state index in [1.54, 1.807) is 50.6 Å². The van der Waals surface area contributed by atoms with Crippen molar-refractivity contribution < 1.29 is 18.7 Å². The number of benzene rings is 2. The number of methoxy groups -OCH3 is 2. The number of amides is 1. The zero-order valence-corrected chi connectivity index (χ0v) is 13.7. The van der Waals surface area contributed by atoms with Crippen LogP contribution in [0.3, 0.4) is 0 Å². The average Bonchev–Trinajstić information content (AvgIpc) is 3.04. The molecule has 0 fully saturated rings. The minimum Gasteiger partial charge on any atom is -0.493 e. The number of rotatable bonds is 5. The smallest absolute Gasteiger partial charge is 0.238 e. The van der Waals surface area contributed by atoms with Crippen molar-refractivity contribution in [3.63, 3.8) is 0 Å². The standard InChI is InChI=1S/C18H15N3O4/c1-23-15-5-3-11(9-16(15)24-2)18-21-13-10-12(4-6-14(13)25-18)20-17(22)7-8-19/h3-6,9-10H,7H2,1-2H3,(H,20,22). The fourth-order valence-corrected chi connectivity index (χ4v) is 2.37. The van der Waals surface area contributed by atoms with Gasteiger partial charge in [0.15, 0.2) is 17.1 Å². The van der Waals surface area contributed by atoms with Crippen molar-refractivity contribution in [2.45, 2.75) is 6.42 Å². The highest BCUT2D eigenvalue weighted by Gasteiger charge is 2.12. The predicted molar refractivity (Wildman–Crippen MR) is 91.4 cm³/mol. The van der Waals surface area contributed by atoms with Gasteiger partial charge in [-0.15, -0.1) is 0 Å². The zero-order chi connectivity index (χ0) is 17.8. The van der Waals surface area contributed by atoms with Gasteiger partial charge in [-0.05, 0) is 36.4 Å². The van der Waals surface area contributed by atoms with Gasteiger partial charge in [0, 0.05) is 11.3 Å². The molecule has 3 rings (SSSR count). The Morgan fingerprint density at radius 3 is 2.72 bits per heavy atom. The number of carbonyl (C=O) groups excluding carboxylic acids is 1. The molecule has 2 aromatic carbocycles. The number of oxazole rings is 1. The van der Waals surface area contributed by atoms with E-state index in [-0.39, 0.29) is 12.3 Å². The molecule has 1 heterocycles. The van der Waals surface area contributed by atoms with Crippen molar-refractivity contribution in [1.82, 2.24) is 4.98 Å². The first-order valence-electron chi connectivity index (χ1n) is 7.44. The number of nitrogens with zero attached hydrogens (tertiary/aromatic N) is 2. The molecule has 25 heavy (non-hydrogen) atoms. The molecule has 0 atom stereocenters. The number of hydrogen-bond acceptors (Lipinski definition) is 6. The Hall–Kier alpha value is -3.53. The molecule has 0 aliphatic carbocycles. The van der Waals surface area contributed by atoms with Crippen LogP contribution in [-0.4, -0.2) is 25.1 Å². The summed E-state index contributed by atoms with van der Waals surface area (Å²) in [6.07, 6.45) is -0.201. The molecule has 1 amide bonds. The Labute approximate surface area is 143 Å². The van der Waals surface area contributed by atoms with Crippen molar-refractivity contribution in [3.8, 4) is 29.0 Å². The van der Waals surface area contributed by atoms with Crippen LogP contribution in [0.2, 0.25) is 0 Å². The maximum absolute atomic E-state index is 11.5. The summed E-state index contributed by atoms with van der Waals surface area (Å²) in [7, 11) is 3.13. The Bertz CT molecular complexity index is 972. The lowest BCUT2D eigenvalue weighted by Gasteiger charge is -2.07. The molecule has 1 aromatic heterocycles. The molecule has 0 saturated heterocycles. The van der Waals surface area contributed by atoms with Crippen LogP contribution in [0.25, 0.3) is 22.6 Å². The number of nitrogens with one attached hydrogen (secondary N) is 1. The third-order valence-corrected chi connectivity index (χ3v) is 3.54. The third-order valence-electron chi connectivity index (χ3n) is 3.54. The highest BCUT2D eigenvalue weighted by Crippen LogP contribution is 2.33. The first kappa shape index (κ1) is 16.3. The normalized spacial score (nSPS) is 10.3. The van der Waals surface area contributed by atoms with Crippen molar-refractivity contribution in [2.75, 3.05) is 19.5 Å². The monoisotopic (exact) mass is 337 g/mol. The summed E-state index contributed by atoms with van der Waals surface area (Å²) in [5, 5.41) is 11.2. The third kappa shape index (κ3) is 3.38. The second-order valence-corrected chi connectivity index (χ2v) is 5.15. The molecule has 0 saturated carbocycles. The first-order valence-corrected chi connectivity index (χ1v) is 7.44. The zero-order valence-electron chi connectivity index (χ0n) is 13.7. The fraction of sp³-hybridized carbons (Fsp3) is 0.167. The maximum Gasteiger partial charge on any atom is 0.238 e. The van der Waals surface area contributed by atoms with Gasteiger partial charge < -0.3 is 19.2 Å². The predicted octanol–water partition coefficient (Wildman–Crippen LogP) is 3.36. The highest BCUT2D eigenvalue weighted by molar-refractivity contribution is 5.94. The summed E-state index contributed by atoms with van der Waals surface area (Å²) in [6.45, 7) is 0. The first-order chi connectivity index (χ1) is 12.1. The number of ether oxygens (including phenoxy) is 2. The summed E-state index contributed by atoms with van der Waals surface area (Å²) >= 11 is 0. The van der Waals surface area contributed by atoms with E-state index < -0.39 is 0 Å². The molecule has 0 bridgehead atoms. The van der Waals surface area contributed by atoms with E-state index in [2.05, 4.69) is 10.3 Å². The van der Waals surface area contributed by atoms with Gasteiger partial charge in [-0.2, -0.15) is 5.26 Å². The number of aromatic nitrogens is 1. The number of fused-ring (bicyclic) bond motifs is 1. The van der Waals surface area contributed by atoms with Gasteiger partial charge in [0.1, 0.15) is 11.9 Å². The average molecular weight is 337 g/mol. The Morgan fingerprint density at radius 1 is 1.20 bits per heavy atom. The lowest BCUT2D eigenvalue weighted by Crippen LogP contribution is -2.09. The van der Waals surface area contributed by atoms with Crippen molar-refractivity contribution in [2.24, 2.45) is 0 Å². The molecule has 7 nitrogen and oxygen atoms in total. The molecule has 0 radical (unpaired) electrons. The van der Waals surface area contributed by atoms with Gasteiger partial charge >= 0.3 is 0 Å². The molecular weight excluding hydrogens is 322 g/mol. The van der Waals surface area contributed by atoms with E-state index in [0.29, 0.717) is 34.2 Å². The summed E-state index contributed by atoms with van der Waals surface area (Å²) in [5.41, 5.74) is 2.48. The Balaban J connectivity index is 1.93. The molecular formula is C18H15N3O4. The quantitative estimate of drug-likeness (QED) is 0.766. The van der Waals surface area contributed by atoms with Crippen LogP contribution in [0.5, 0.6) is 11.5 Å². The SMILES string of the molecule is COc1ccc(-c2nc3cc(NC(=O)CC#N)ccc3o2)cc1OC. The largest absolute Gasteiger partial charge is 0.493 e. The van der Waals surface area contributed by atoms with Crippen LogP contribution in [-0.2, 0) is 4.79 Å². The van der Waals surface area contributed by atoms with Crippen molar-refractivity contribution in [1.29, 1.82) is 5.26 Å². The van der Waals surface area contributed by atoms with E-state index in [1.165, 1.54) is 0 Å². The van der Waals surface area contributed by atoms with Crippen molar-refractivity contribution in [3.05, 3.63) is 36.4 Å². The van der Waals surface area contributed by atoms with Gasteiger partial charge in [-0.3, -0.25) is 4.79 Å². The van der Waals surface area contributed by atoms with Gasteiger partial charge in [-0.1, -0.05) is 0 Å². The Kier molecular flexibility index (Phi) is 4.53. The van der Waals surface area contributed by atoms with E-state index in [4.69, 9.17) is 19.2 Å². The molecule has 3 aromatic rings. The van der Waals surface area contributed by atoms with Crippen LogP contribution in [0, 0.1) is 11.3 Å².